The molecule has 0 spiro atoms. The zero-order chi connectivity index (χ0) is 17.1. The van der Waals surface area contributed by atoms with E-state index in [9.17, 15) is 0 Å². The molecule has 0 atom stereocenters. The minimum Gasteiger partial charge on any atom is -0.414 e. The molecule has 4 aromatic rings. The maximum absolute atomic E-state index is 5.55. The van der Waals surface area contributed by atoms with Crippen molar-refractivity contribution in [3.63, 3.8) is 0 Å². The molecule has 10 heteroatoms. The number of hydrogen-bond donors (Lipinski definition) is 0. The minimum atomic E-state index is 0.381. The number of thioether (sulfide) groups is 1. The first-order chi connectivity index (χ1) is 12.3. The molecular formula is C15H13N7O2S. The van der Waals surface area contributed by atoms with Crippen LogP contribution in [0.15, 0.2) is 51.1 Å². The second kappa shape index (κ2) is 6.85. The molecule has 0 fully saturated rings. The van der Waals surface area contributed by atoms with E-state index in [2.05, 4.69) is 30.4 Å². The molecule has 9 nitrogen and oxygen atoms in total. The van der Waals surface area contributed by atoms with Gasteiger partial charge in [-0.15, -0.1) is 10.2 Å². The Labute approximate surface area is 146 Å². The highest BCUT2D eigenvalue weighted by Gasteiger charge is 2.12. The summed E-state index contributed by atoms with van der Waals surface area (Å²) in [6, 6.07) is 7.94. The number of rotatable bonds is 6. The Bertz CT molecular complexity index is 964. The molecule has 0 saturated carbocycles. The zero-order valence-corrected chi connectivity index (χ0v) is 14.1. The predicted octanol–water partition coefficient (Wildman–Crippen LogP) is 2.36. The van der Waals surface area contributed by atoms with E-state index in [1.54, 1.807) is 11.0 Å². The fourth-order valence-electron chi connectivity index (χ4n) is 2.15. The fourth-order valence-corrected chi connectivity index (χ4v) is 2.77. The highest BCUT2D eigenvalue weighted by Crippen LogP contribution is 2.23. The van der Waals surface area contributed by atoms with Crippen molar-refractivity contribution >= 4 is 11.8 Å². The summed E-state index contributed by atoms with van der Waals surface area (Å²) in [4.78, 5) is 8.26. The van der Waals surface area contributed by atoms with E-state index >= 15 is 0 Å². The SMILES string of the molecule is Cc1cccc(-c2noc(CSc3nnc(Cn4cncn4)o3)n2)c1. The van der Waals surface area contributed by atoms with Crippen molar-refractivity contribution in [2.45, 2.75) is 24.4 Å². The third-order valence-electron chi connectivity index (χ3n) is 3.28. The Balaban J connectivity index is 1.38. The number of nitrogens with zero attached hydrogens (tertiary/aromatic N) is 7. The summed E-state index contributed by atoms with van der Waals surface area (Å²) in [6.07, 6.45) is 3.04. The van der Waals surface area contributed by atoms with Gasteiger partial charge in [0.2, 0.25) is 17.6 Å². The van der Waals surface area contributed by atoms with Crippen LogP contribution in [0.3, 0.4) is 0 Å². The lowest BCUT2D eigenvalue weighted by Gasteiger charge is -1.95. The van der Waals surface area contributed by atoms with Crippen LogP contribution >= 0.6 is 11.8 Å². The van der Waals surface area contributed by atoms with Crippen molar-refractivity contribution in [2.24, 2.45) is 0 Å². The highest BCUT2D eigenvalue weighted by atomic mass is 32.2. The van der Waals surface area contributed by atoms with Crippen molar-refractivity contribution in [1.82, 2.24) is 35.1 Å². The van der Waals surface area contributed by atoms with E-state index < -0.39 is 0 Å². The van der Waals surface area contributed by atoms with E-state index in [-0.39, 0.29) is 0 Å². The molecule has 0 unspecified atom stereocenters. The first kappa shape index (κ1) is 15.5. The first-order valence-corrected chi connectivity index (χ1v) is 8.42. The van der Waals surface area contributed by atoms with Gasteiger partial charge in [0.1, 0.15) is 19.2 Å². The number of hydrogen-bond acceptors (Lipinski definition) is 9. The molecule has 4 rings (SSSR count). The second-order valence-electron chi connectivity index (χ2n) is 5.22. The van der Waals surface area contributed by atoms with Gasteiger partial charge in [-0.3, -0.25) is 0 Å². The van der Waals surface area contributed by atoms with Crippen molar-refractivity contribution in [3.05, 3.63) is 54.3 Å². The van der Waals surface area contributed by atoms with Crippen LogP contribution in [-0.4, -0.2) is 35.1 Å². The van der Waals surface area contributed by atoms with Crippen molar-refractivity contribution in [1.29, 1.82) is 0 Å². The lowest BCUT2D eigenvalue weighted by molar-refractivity contribution is 0.386. The molecule has 0 aliphatic carbocycles. The van der Waals surface area contributed by atoms with Gasteiger partial charge < -0.3 is 8.94 Å². The topological polar surface area (TPSA) is 109 Å². The molecule has 0 bridgehead atoms. The molecule has 1 aromatic carbocycles. The molecule has 0 N–H and O–H groups in total. The van der Waals surface area contributed by atoms with Gasteiger partial charge in [0.05, 0.1) is 5.75 Å². The van der Waals surface area contributed by atoms with Gasteiger partial charge >= 0.3 is 0 Å². The Morgan fingerprint density at radius 3 is 3.00 bits per heavy atom. The standard InChI is InChI=1S/C15H13N7O2S/c1-10-3-2-4-11(5-10)14-18-13(24-21-14)7-25-15-20-19-12(23-15)6-22-9-16-8-17-22/h2-5,8-9H,6-7H2,1H3. The Hall–Kier alpha value is -3.01. The summed E-state index contributed by atoms with van der Waals surface area (Å²) in [7, 11) is 0. The summed E-state index contributed by atoms with van der Waals surface area (Å²) >= 11 is 1.34. The summed E-state index contributed by atoms with van der Waals surface area (Å²) < 4.78 is 12.4. The molecule has 0 amide bonds. The van der Waals surface area contributed by atoms with Crippen LogP contribution in [0.4, 0.5) is 0 Å². The summed E-state index contributed by atoms with van der Waals surface area (Å²) in [5.41, 5.74) is 2.07. The molecule has 0 saturated heterocycles. The normalized spacial score (nSPS) is 11.1. The van der Waals surface area contributed by atoms with E-state index in [1.807, 2.05) is 31.2 Å². The van der Waals surface area contributed by atoms with Gasteiger partial charge in [0.15, 0.2) is 0 Å². The van der Waals surface area contributed by atoms with Crippen molar-refractivity contribution < 1.29 is 8.94 Å². The number of aromatic nitrogens is 7. The largest absolute Gasteiger partial charge is 0.414 e. The van der Waals surface area contributed by atoms with Gasteiger partial charge in [-0.2, -0.15) is 10.1 Å². The van der Waals surface area contributed by atoms with Crippen molar-refractivity contribution in [3.8, 4) is 11.4 Å². The average molecular weight is 355 g/mol. The summed E-state index contributed by atoms with van der Waals surface area (Å²) in [6.45, 7) is 2.40. The van der Waals surface area contributed by atoms with E-state index in [0.29, 0.717) is 35.1 Å². The smallest absolute Gasteiger partial charge is 0.277 e. The van der Waals surface area contributed by atoms with Crippen LogP contribution in [0.2, 0.25) is 0 Å². The quantitative estimate of drug-likeness (QED) is 0.481. The molecule has 25 heavy (non-hydrogen) atoms. The number of aryl methyl sites for hydroxylation is 1. The van der Waals surface area contributed by atoms with Gasteiger partial charge in [-0.25, -0.2) is 9.67 Å². The van der Waals surface area contributed by atoms with Gasteiger partial charge in [0, 0.05) is 5.56 Å². The van der Waals surface area contributed by atoms with E-state index in [4.69, 9.17) is 8.94 Å². The van der Waals surface area contributed by atoms with Crippen LogP contribution in [0, 0.1) is 6.92 Å². The summed E-state index contributed by atoms with van der Waals surface area (Å²) in [5.74, 6) is 1.97. The van der Waals surface area contributed by atoms with E-state index in [1.165, 1.54) is 18.1 Å². The van der Waals surface area contributed by atoms with Crippen molar-refractivity contribution in [2.75, 3.05) is 0 Å². The lowest BCUT2D eigenvalue weighted by atomic mass is 10.1. The molecule has 3 heterocycles. The minimum absolute atomic E-state index is 0.381. The van der Waals surface area contributed by atoms with Crippen LogP contribution < -0.4 is 0 Å². The van der Waals surface area contributed by atoms with Crippen LogP contribution in [-0.2, 0) is 12.3 Å². The lowest BCUT2D eigenvalue weighted by Crippen LogP contribution is -1.99. The molecule has 3 aromatic heterocycles. The first-order valence-electron chi connectivity index (χ1n) is 7.43. The fraction of sp³-hybridized carbons (Fsp3) is 0.200. The third kappa shape index (κ3) is 3.74. The Morgan fingerprint density at radius 1 is 1.20 bits per heavy atom. The maximum Gasteiger partial charge on any atom is 0.277 e. The molecule has 0 radical (unpaired) electrons. The second-order valence-corrected chi connectivity index (χ2v) is 6.15. The third-order valence-corrected chi connectivity index (χ3v) is 4.08. The molecular weight excluding hydrogens is 342 g/mol. The summed E-state index contributed by atoms with van der Waals surface area (Å²) in [5, 5.41) is 16.4. The monoisotopic (exact) mass is 355 g/mol. The maximum atomic E-state index is 5.55. The van der Waals surface area contributed by atoms with Crippen LogP contribution in [0.1, 0.15) is 17.3 Å². The van der Waals surface area contributed by atoms with Gasteiger partial charge in [-0.1, -0.05) is 40.7 Å². The van der Waals surface area contributed by atoms with Gasteiger partial charge in [-0.05, 0) is 13.0 Å². The molecule has 126 valence electrons. The number of benzene rings is 1. The Kier molecular flexibility index (Phi) is 4.25. The molecule has 0 aliphatic heterocycles. The van der Waals surface area contributed by atoms with E-state index in [0.717, 1.165) is 11.1 Å². The van der Waals surface area contributed by atoms with Crippen LogP contribution in [0.25, 0.3) is 11.4 Å². The van der Waals surface area contributed by atoms with Gasteiger partial charge in [0.25, 0.3) is 5.22 Å². The highest BCUT2D eigenvalue weighted by molar-refractivity contribution is 7.98. The van der Waals surface area contributed by atoms with Crippen LogP contribution in [0.5, 0.6) is 0 Å². The zero-order valence-electron chi connectivity index (χ0n) is 13.2. The predicted molar refractivity (Wildman–Crippen MR) is 87.5 cm³/mol. The molecule has 0 aliphatic rings. The average Bonchev–Trinajstić information content (AvgIpc) is 3.36. The Morgan fingerprint density at radius 2 is 2.16 bits per heavy atom.